The second kappa shape index (κ2) is 4.37. The zero-order chi connectivity index (χ0) is 10.8. The summed E-state index contributed by atoms with van der Waals surface area (Å²) in [5.41, 5.74) is 2.30. The highest BCUT2D eigenvalue weighted by atomic mass is 32.2. The van der Waals surface area contributed by atoms with E-state index in [-0.39, 0.29) is 0 Å². The van der Waals surface area contributed by atoms with E-state index >= 15 is 0 Å². The predicted molar refractivity (Wildman–Crippen MR) is 70.0 cm³/mol. The summed E-state index contributed by atoms with van der Waals surface area (Å²) in [6.07, 6.45) is 3.22. The minimum Gasteiger partial charge on any atom is -0.385 e. The average Bonchev–Trinajstić information content (AvgIpc) is 2.97. The summed E-state index contributed by atoms with van der Waals surface area (Å²) in [5, 5.41) is 11.7. The first kappa shape index (κ1) is 10.0. The predicted octanol–water partition coefficient (Wildman–Crippen LogP) is 2.73. The molecule has 0 aliphatic carbocycles. The van der Waals surface area contributed by atoms with Gasteiger partial charge in [0, 0.05) is 17.6 Å². The zero-order valence-electron chi connectivity index (χ0n) is 9.07. The molecule has 16 heavy (non-hydrogen) atoms. The molecule has 1 aromatic heterocycles. The number of hydrogen-bond donors (Lipinski definition) is 2. The van der Waals surface area contributed by atoms with E-state index in [4.69, 9.17) is 0 Å². The molecule has 2 N–H and O–H groups in total. The van der Waals surface area contributed by atoms with E-state index in [0.717, 1.165) is 18.0 Å². The lowest BCUT2D eigenvalue weighted by Crippen LogP contribution is -2.13. The summed E-state index contributed by atoms with van der Waals surface area (Å²) in [6.45, 7) is 1.09. The van der Waals surface area contributed by atoms with Crippen LogP contribution in [0.3, 0.4) is 0 Å². The minimum atomic E-state index is 0.838. The maximum absolute atomic E-state index is 4.02. The van der Waals surface area contributed by atoms with Gasteiger partial charge in [-0.1, -0.05) is 0 Å². The van der Waals surface area contributed by atoms with Gasteiger partial charge in [0.25, 0.3) is 0 Å². The van der Waals surface area contributed by atoms with Crippen molar-refractivity contribution in [3.8, 4) is 0 Å². The monoisotopic (exact) mass is 233 g/mol. The van der Waals surface area contributed by atoms with Gasteiger partial charge < -0.3 is 5.32 Å². The topological polar surface area (TPSA) is 40.7 Å². The van der Waals surface area contributed by atoms with Gasteiger partial charge in [0.1, 0.15) is 0 Å². The number of H-pyrrole nitrogens is 1. The molecule has 0 bridgehead atoms. The number of benzene rings is 1. The van der Waals surface area contributed by atoms with Crippen molar-refractivity contribution in [3.05, 3.63) is 24.4 Å². The molecule has 84 valence electrons. The molecule has 1 saturated heterocycles. The van der Waals surface area contributed by atoms with E-state index < -0.39 is 0 Å². The number of rotatable bonds is 3. The Morgan fingerprint density at radius 1 is 1.50 bits per heavy atom. The highest BCUT2D eigenvalue weighted by Gasteiger charge is 2.14. The lowest BCUT2D eigenvalue weighted by atomic mass is 10.1. The smallest absolute Gasteiger partial charge is 0.0651 e. The van der Waals surface area contributed by atoms with Crippen molar-refractivity contribution in [1.82, 2.24) is 10.2 Å². The van der Waals surface area contributed by atoms with Gasteiger partial charge in [-0.2, -0.15) is 16.9 Å². The summed E-state index contributed by atoms with van der Waals surface area (Å²) in [7, 11) is 0. The van der Waals surface area contributed by atoms with Gasteiger partial charge in [-0.15, -0.1) is 0 Å². The van der Waals surface area contributed by atoms with Crippen LogP contribution in [0.15, 0.2) is 24.4 Å². The Morgan fingerprint density at radius 3 is 3.38 bits per heavy atom. The SMILES string of the molecule is c1cc2[nH]ncc2cc1NCC1CCSC1. The van der Waals surface area contributed by atoms with E-state index in [0.29, 0.717) is 0 Å². The van der Waals surface area contributed by atoms with Crippen LogP contribution >= 0.6 is 11.8 Å². The molecular formula is C12H15N3S. The molecule has 0 saturated carbocycles. The van der Waals surface area contributed by atoms with Crippen molar-refractivity contribution in [2.45, 2.75) is 6.42 Å². The standard InChI is InChI=1S/C12H15N3S/c1-2-12-10(7-14-15-12)5-11(1)13-6-9-3-4-16-8-9/h1-2,5,7,9,13H,3-4,6,8H2,(H,14,15). The Kier molecular flexibility index (Phi) is 2.74. The molecule has 4 heteroatoms. The lowest BCUT2D eigenvalue weighted by molar-refractivity contribution is 0.632. The van der Waals surface area contributed by atoms with E-state index in [1.54, 1.807) is 0 Å². The summed E-state index contributed by atoms with van der Waals surface area (Å²) < 4.78 is 0. The van der Waals surface area contributed by atoms with Crippen LogP contribution in [-0.2, 0) is 0 Å². The van der Waals surface area contributed by atoms with Gasteiger partial charge in [-0.3, -0.25) is 5.10 Å². The van der Waals surface area contributed by atoms with Crippen LogP contribution in [0.5, 0.6) is 0 Å². The maximum atomic E-state index is 4.02. The number of fused-ring (bicyclic) bond motifs is 1. The van der Waals surface area contributed by atoms with Gasteiger partial charge in [-0.25, -0.2) is 0 Å². The number of nitrogens with zero attached hydrogens (tertiary/aromatic N) is 1. The average molecular weight is 233 g/mol. The second-order valence-corrected chi connectivity index (χ2v) is 5.43. The van der Waals surface area contributed by atoms with Crippen LogP contribution in [0.4, 0.5) is 5.69 Å². The number of aromatic nitrogens is 2. The Balaban J connectivity index is 1.68. The zero-order valence-corrected chi connectivity index (χ0v) is 9.89. The van der Waals surface area contributed by atoms with E-state index in [9.17, 15) is 0 Å². The molecule has 2 heterocycles. The quantitative estimate of drug-likeness (QED) is 0.856. The Bertz CT molecular complexity index is 474. The van der Waals surface area contributed by atoms with Crippen LogP contribution in [0.25, 0.3) is 10.9 Å². The van der Waals surface area contributed by atoms with Crippen LogP contribution in [0, 0.1) is 5.92 Å². The number of thioether (sulfide) groups is 1. The Hall–Kier alpha value is -1.16. The summed E-state index contributed by atoms with van der Waals surface area (Å²) in [4.78, 5) is 0. The van der Waals surface area contributed by atoms with E-state index in [1.165, 1.54) is 29.0 Å². The molecule has 1 aromatic carbocycles. The second-order valence-electron chi connectivity index (χ2n) is 4.28. The number of nitrogens with one attached hydrogen (secondary N) is 2. The fourth-order valence-corrected chi connectivity index (χ4v) is 3.34. The van der Waals surface area contributed by atoms with Crippen molar-refractivity contribution < 1.29 is 0 Å². The highest BCUT2D eigenvalue weighted by Crippen LogP contribution is 2.24. The first-order chi connectivity index (χ1) is 7.92. The van der Waals surface area contributed by atoms with Crippen molar-refractivity contribution in [2.75, 3.05) is 23.4 Å². The summed E-state index contributed by atoms with van der Waals surface area (Å²) in [6, 6.07) is 6.34. The summed E-state index contributed by atoms with van der Waals surface area (Å²) >= 11 is 2.07. The number of hydrogen-bond acceptors (Lipinski definition) is 3. The molecule has 3 rings (SSSR count). The molecule has 1 unspecified atom stereocenters. The first-order valence-corrected chi connectivity index (χ1v) is 6.82. The largest absolute Gasteiger partial charge is 0.385 e. The summed E-state index contributed by atoms with van der Waals surface area (Å²) in [5.74, 6) is 3.47. The molecule has 1 atom stereocenters. The Labute approximate surface area is 99.0 Å². The van der Waals surface area contributed by atoms with Gasteiger partial charge in [0.15, 0.2) is 0 Å². The van der Waals surface area contributed by atoms with Crippen LogP contribution in [0.2, 0.25) is 0 Å². The number of aromatic amines is 1. The molecule has 0 spiro atoms. The van der Waals surface area contributed by atoms with Crippen LogP contribution in [-0.4, -0.2) is 28.2 Å². The maximum Gasteiger partial charge on any atom is 0.0651 e. The van der Waals surface area contributed by atoms with Gasteiger partial charge in [0.05, 0.1) is 11.7 Å². The van der Waals surface area contributed by atoms with Crippen molar-refractivity contribution >= 4 is 28.4 Å². The van der Waals surface area contributed by atoms with Gasteiger partial charge >= 0.3 is 0 Å². The minimum absolute atomic E-state index is 0.838. The molecule has 1 aliphatic rings. The molecule has 1 fully saturated rings. The van der Waals surface area contributed by atoms with Crippen molar-refractivity contribution in [2.24, 2.45) is 5.92 Å². The highest BCUT2D eigenvalue weighted by molar-refractivity contribution is 7.99. The third-order valence-electron chi connectivity index (χ3n) is 3.06. The normalized spacial score (nSPS) is 20.4. The number of anilines is 1. The molecule has 0 amide bonds. The van der Waals surface area contributed by atoms with E-state index in [2.05, 4.69) is 45.5 Å². The Morgan fingerprint density at radius 2 is 2.50 bits per heavy atom. The van der Waals surface area contributed by atoms with Crippen LogP contribution in [0.1, 0.15) is 6.42 Å². The van der Waals surface area contributed by atoms with Gasteiger partial charge in [-0.05, 0) is 42.0 Å². The van der Waals surface area contributed by atoms with Crippen molar-refractivity contribution in [1.29, 1.82) is 0 Å². The molecular weight excluding hydrogens is 218 g/mol. The fourth-order valence-electron chi connectivity index (χ4n) is 2.06. The van der Waals surface area contributed by atoms with E-state index in [1.807, 2.05) is 6.20 Å². The molecule has 2 aromatic rings. The third kappa shape index (κ3) is 2.02. The fraction of sp³-hybridized carbons (Fsp3) is 0.417. The molecule has 0 radical (unpaired) electrons. The van der Waals surface area contributed by atoms with Crippen LogP contribution < -0.4 is 5.32 Å². The molecule has 3 nitrogen and oxygen atoms in total. The molecule has 1 aliphatic heterocycles. The third-order valence-corrected chi connectivity index (χ3v) is 4.29. The lowest BCUT2D eigenvalue weighted by Gasteiger charge is -2.11. The first-order valence-electron chi connectivity index (χ1n) is 5.66. The van der Waals surface area contributed by atoms with Gasteiger partial charge in [0.2, 0.25) is 0 Å². The van der Waals surface area contributed by atoms with Crippen molar-refractivity contribution in [3.63, 3.8) is 0 Å².